The predicted octanol–water partition coefficient (Wildman–Crippen LogP) is 7.28. The van der Waals surface area contributed by atoms with Crippen LogP contribution in [0, 0.1) is 5.92 Å². The maximum atomic E-state index is 13.9. The summed E-state index contributed by atoms with van der Waals surface area (Å²) in [4.78, 5) is 25.6. The van der Waals surface area contributed by atoms with Crippen LogP contribution in [0.15, 0.2) is 36.5 Å². The van der Waals surface area contributed by atoms with Crippen LogP contribution in [0.25, 0.3) is 10.9 Å². The van der Waals surface area contributed by atoms with E-state index in [2.05, 4.69) is 0 Å². The largest absolute Gasteiger partial charge is 0.481 e. The lowest BCUT2D eigenvalue weighted by Crippen LogP contribution is -2.39. The maximum absolute atomic E-state index is 13.9. The number of nitrogens with zero attached hydrogens (tertiary/aromatic N) is 2. The van der Waals surface area contributed by atoms with Gasteiger partial charge in [-0.1, -0.05) is 29.3 Å². The van der Waals surface area contributed by atoms with Crippen molar-refractivity contribution in [3.63, 3.8) is 0 Å². The highest BCUT2D eigenvalue weighted by molar-refractivity contribution is 6.35. The fraction of sp³-hybridized carbons (Fsp3) is 0.360. The first-order valence-electron chi connectivity index (χ1n) is 11.3. The van der Waals surface area contributed by atoms with E-state index in [4.69, 9.17) is 28.3 Å². The zero-order chi connectivity index (χ0) is 27.1. The van der Waals surface area contributed by atoms with Gasteiger partial charge >= 0.3 is 12.1 Å². The fourth-order valence-corrected chi connectivity index (χ4v) is 5.33. The highest BCUT2D eigenvalue weighted by atomic mass is 35.5. The molecule has 2 aromatic carbocycles. The Morgan fingerprint density at radius 1 is 1.08 bits per heavy atom. The Labute approximate surface area is 218 Å². The number of alkyl halides is 5. The molecule has 0 unspecified atom stereocenters. The molecule has 12 heteroatoms. The topological polar surface area (TPSA) is 62.5 Å². The molecule has 1 amide bonds. The van der Waals surface area contributed by atoms with E-state index in [-0.39, 0.29) is 51.0 Å². The van der Waals surface area contributed by atoms with E-state index in [0.29, 0.717) is 25.9 Å². The lowest BCUT2D eigenvalue weighted by Gasteiger charge is -2.32. The van der Waals surface area contributed by atoms with E-state index in [1.165, 1.54) is 27.8 Å². The second-order valence-electron chi connectivity index (χ2n) is 8.97. The van der Waals surface area contributed by atoms with Crippen molar-refractivity contribution < 1.29 is 36.6 Å². The number of halogens is 7. The van der Waals surface area contributed by atoms with Gasteiger partial charge in [0, 0.05) is 48.8 Å². The Hall–Kier alpha value is -2.85. The van der Waals surface area contributed by atoms with Crippen LogP contribution in [0.1, 0.15) is 52.7 Å². The number of likely N-dealkylation sites (tertiary alicyclic amines) is 1. The number of aliphatic carboxylic acids is 1. The summed E-state index contributed by atoms with van der Waals surface area (Å²) >= 11 is 12.7. The number of hydrogen-bond donors (Lipinski definition) is 1. The first kappa shape index (κ1) is 27.2. The number of hydrogen-bond acceptors (Lipinski definition) is 2. The summed E-state index contributed by atoms with van der Waals surface area (Å²) in [5.74, 6) is -1.43. The molecule has 198 valence electrons. The third kappa shape index (κ3) is 5.70. The van der Waals surface area contributed by atoms with Gasteiger partial charge in [0.05, 0.1) is 26.7 Å². The van der Waals surface area contributed by atoms with Gasteiger partial charge in [0.15, 0.2) is 0 Å². The van der Waals surface area contributed by atoms with E-state index in [0.717, 1.165) is 18.2 Å². The molecule has 0 atom stereocenters. The minimum absolute atomic E-state index is 0.00781. The standard InChI is InChI=1S/C25H21Cl2F5N2O3/c26-19-11-15(25(30,31)32)10-14-5-8-34(22(14)19)12-18-16(23(28)29)1-2-17(21(18)27)24(37)33-6-3-13(4-7-33)9-20(35)36/h1-2,5,8,10-11,13,23H,3-4,6-7,9,12H2,(H,35,36). The molecular weight excluding hydrogens is 542 g/mol. The summed E-state index contributed by atoms with van der Waals surface area (Å²) in [5.41, 5.74) is -1.17. The summed E-state index contributed by atoms with van der Waals surface area (Å²) in [6.07, 6.45) is -5.12. The molecule has 0 spiro atoms. The zero-order valence-electron chi connectivity index (χ0n) is 19.2. The Morgan fingerprint density at radius 2 is 1.76 bits per heavy atom. The predicted molar refractivity (Wildman–Crippen MR) is 128 cm³/mol. The normalized spacial score (nSPS) is 15.1. The molecule has 1 aromatic heterocycles. The number of carbonyl (C=O) groups is 2. The third-order valence-corrected chi connectivity index (χ3v) is 7.30. The number of fused-ring (bicyclic) bond motifs is 1. The molecule has 0 aliphatic carbocycles. The number of carbonyl (C=O) groups excluding carboxylic acids is 1. The van der Waals surface area contributed by atoms with Gasteiger partial charge < -0.3 is 14.6 Å². The first-order chi connectivity index (χ1) is 17.4. The lowest BCUT2D eigenvalue weighted by molar-refractivity contribution is -0.139. The van der Waals surface area contributed by atoms with Crippen molar-refractivity contribution >= 4 is 46.0 Å². The molecule has 3 aromatic rings. The maximum Gasteiger partial charge on any atom is 0.416 e. The van der Waals surface area contributed by atoms with Crippen LogP contribution < -0.4 is 0 Å². The molecular formula is C25H21Cl2F5N2O3. The molecule has 0 bridgehead atoms. The van der Waals surface area contributed by atoms with Crippen LogP contribution in [-0.2, 0) is 17.5 Å². The van der Waals surface area contributed by atoms with Gasteiger partial charge in [-0.3, -0.25) is 9.59 Å². The van der Waals surface area contributed by atoms with Gasteiger partial charge in [-0.15, -0.1) is 0 Å². The number of aromatic nitrogens is 1. The zero-order valence-corrected chi connectivity index (χ0v) is 20.7. The molecule has 2 heterocycles. The lowest BCUT2D eigenvalue weighted by atomic mass is 9.93. The molecule has 0 saturated carbocycles. The van der Waals surface area contributed by atoms with Gasteiger partial charge in [0.1, 0.15) is 0 Å². The Bertz CT molecular complexity index is 1350. The number of amides is 1. The summed E-state index contributed by atoms with van der Waals surface area (Å²) in [6.45, 7) is 0.353. The van der Waals surface area contributed by atoms with Crippen LogP contribution in [-0.4, -0.2) is 39.5 Å². The summed E-state index contributed by atoms with van der Waals surface area (Å²) in [5, 5.41) is 8.76. The molecule has 4 rings (SSSR count). The fourth-order valence-electron chi connectivity index (χ4n) is 4.68. The van der Waals surface area contributed by atoms with Crippen molar-refractivity contribution in [3.8, 4) is 0 Å². The Morgan fingerprint density at radius 3 is 2.35 bits per heavy atom. The van der Waals surface area contributed by atoms with Crippen molar-refractivity contribution in [2.24, 2.45) is 5.92 Å². The number of rotatable bonds is 6. The minimum atomic E-state index is -4.61. The van der Waals surface area contributed by atoms with Crippen LogP contribution in [0.2, 0.25) is 10.0 Å². The van der Waals surface area contributed by atoms with E-state index >= 15 is 0 Å². The monoisotopic (exact) mass is 562 g/mol. The number of benzene rings is 2. The van der Waals surface area contributed by atoms with Crippen molar-refractivity contribution in [2.75, 3.05) is 13.1 Å². The smallest absolute Gasteiger partial charge is 0.416 e. The molecule has 1 saturated heterocycles. The Balaban J connectivity index is 1.67. The van der Waals surface area contributed by atoms with E-state index < -0.39 is 35.6 Å². The van der Waals surface area contributed by atoms with E-state index in [9.17, 15) is 31.5 Å². The molecule has 5 nitrogen and oxygen atoms in total. The van der Waals surface area contributed by atoms with Gasteiger partial charge in [0.2, 0.25) is 0 Å². The third-order valence-electron chi connectivity index (χ3n) is 6.58. The number of carboxylic acid groups (broad SMARTS) is 1. The van der Waals surface area contributed by atoms with Crippen molar-refractivity contribution in [1.29, 1.82) is 0 Å². The first-order valence-corrected chi connectivity index (χ1v) is 12.1. The molecule has 37 heavy (non-hydrogen) atoms. The van der Waals surface area contributed by atoms with Crippen LogP contribution in [0.4, 0.5) is 22.0 Å². The quantitative estimate of drug-likeness (QED) is 0.321. The van der Waals surface area contributed by atoms with E-state index in [1.54, 1.807) is 0 Å². The number of piperidine rings is 1. The highest BCUT2D eigenvalue weighted by Gasteiger charge is 2.32. The summed E-state index contributed by atoms with van der Waals surface area (Å²) in [7, 11) is 0. The Kier molecular flexibility index (Phi) is 7.71. The van der Waals surface area contributed by atoms with Gasteiger partial charge in [-0.25, -0.2) is 8.78 Å². The van der Waals surface area contributed by atoms with Crippen LogP contribution in [0.3, 0.4) is 0 Å². The molecule has 0 radical (unpaired) electrons. The van der Waals surface area contributed by atoms with E-state index in [1.807, 2.05) is 0 Å². The summed E-state index contributed by atoms with van der Waals surface area (Å²) < 4.78 is 68.7. The molecule has 1 fully saturated rings. The number of carboxylic acids is 1. The average Bonchev–Trinajstić information content (AvgIpc) is 3.22. The molecule has 1 aliphatic rings. The van der Waals surface area contributed by atoms with Crippen molar-refractivity contribution in [3.05, 3.63) is 68.8 Å². The molecule has 1 N–H and O–H groups in total. The van der Waals surface area contributed by atoms with Gasteiger partial charge in [-0.2, -0.15) is 13.2 Å². The van der Waals surface area contributed by atoms with Crippen LogP contribution >= 0.6 is 23.2 Å². The van der Waals surface area contributed by atoms with Crippen molar-refractivity contribution in [2.45, 2.75) is 38.4 Å². The SMILES string of the molecule is O=C(O)CC1CCN(C(=O)c2ccc(C(F)F)c(Cn3ccc4cc(C(F)(F)F)cc(Cl)c43)c2Cl)CC1. The molecule has 1 aliphatic heterocycles. The van der Waals surface area contributed by atoms with Crippen molar-refractivity contribution in [1.82, 2.24) is 9.47 Å². The van der Waals surface area contributed by atoms with Gasteiger partial charge in [-0.05, 0) is 43.0 Å². The average molecular weight is 563 g/mol. The minimum Gasteiger partial charge on any atom is -0.481 e. The summed E-state index contributed by atoms with van der Waals surface area (Å²) in [6, 6.07) is 5.43. The second-order valence-corrected chi connectivity index (χ2v) is 9.75. The highest BCUT2D eigenvalue weighted by Crippen LogP contribution is 2.38. The van der Waals surface area contributed by atoms with Gasteiger partial charge in [0.25, 0.3) is 12.3 Å². The van der Waals surface area contributed by atoms with Crippen LogP contribution in [0.5, 0.6) is 0 Å². The second kappa shape index (κ2) is 10.5.